The number of hydrogen-bond donors (Lipinski definition) is 2. The molecule has 0 aromatic heterocycles. The van der Waals surface area contributed by atoms with Crippen LogP contribution in [0.3, 0.4) is 0 Å². The lowest BCUT2D eigenvalue weighted by atomic mass is 10.1. The van der Waals surface area contributed by atoms with E-state index in [4.69, 9.17) is 16.3 Å². The van der Waals surface area contributed by atoms with E-state index in [-0.39, 0.29) is 13.2 Å². The van der Waals surface area contributed by atoms with Gasteiger partial charge in [-0.1, -0.05) is 18.2 Å². The van der Waals surface area contributed by atoms with Gasteiger partial charge in [-0.05, 0) is 17.7 Å². The van der Waals surface area contributed by atoms with Crippen LogP contribution in [-0.4, -0.2) is 23.6 Å². The number of primary amides is 1. The Bertz CT molecular complexity index is 442. The average molecular weight is 249 g/mol. The summed E-state index contributed by atoms with van der Waals surface area (Å²) in [5.41, 5.74) is 6.24. The van der Waals surface area contributed by atoms with Crippen LogP contribution in [0.5, 0.6) is 0 Å². The van der Waals surface area contributed by atoms with Crippen LogP contribution in [0.2, 0.25) is 0 Å². The van der Waals surface area contributed by atoms with Crippen LogP contribution in [0.25, 0.3) is 0 Å². The Morgan fingerprint density at radius 3 is 2.44 bits per heavy atom. The van der Waals surface area contributed by atoms with Crippen molar-refractivity contribution in [1.29, 1.82) is 0 Å². The highest BCUT2D eigenvalue weighted by Crippen LogP contribution is 2.06. The van der Waals surface area contributed by atoms with E-state index < -0.39 is 12.0 Å². The third-order valence-corrected chi connectivity index (χ3v) is 2.16. The second kappa shape index (κ2) is 6.41. The Morgan fingerprint density at radius 1 is 1.33 bits per heavy atom. The summed E-state index contributed by atoms with van der Waals surface area (Å²) in [5, 5.41) is 0.908. The molecule has 0 spiro atoms. The average Bonchev–Trinajstić information content (AvgIpc) is 2.36. The zero-order chi connectivity index (χ0) is 13.5. The van der Waals surface area contributed by atoms with E-state index in [1.807, 2.05) is 0 Å². The van der Waals surface area contributed by atoms with E-state index in [2.05, 4.69) is 6.58 Å². The molecule has 1 rings (SSSR count). The van der Waals surface area contributed by atoms with Crippen molar-refractivity contribution in [3.63, 3.8) is 0 Å². The van der Waals surface area contributed by atoms with Gasteiger partial charge < -0.3 is 10.5 Å². The molecule has 0 aliphatic heterocycles. The molecule has 1 aromatic rings. The first-order chi connectivity index (χ1) is 8.54. The quantitative estimate of drug-likeness (QED) is 0.348. The summed E-state index contributed by atoms with van der Waals surface area (Å²) in [4.78, 5) is 22.2. The number of benzene rings is 1. The van der Waals surface area contributed by atoms with E-state index in [0.29, 0.717) is 5.56 Å². The van der Waals surface area contributed by atoms with Gasteiger partial charge in [-0.2, -0.15) is 0 Å². The van der Waals surface area contributed by atoms with Gasteiger partial charge in [0.2, 0.25) is 5.91 Å². The Balaban J connectivity index is 2.51. The number of nitrogens with zero attached hydrogens (tertiary/aromatic N) is 1. The summed E-state index contributed by atoms with van der Waals surface area (Å²) in [7, 11) is 0. The van der Waals surface area contributed by atoms with E-state index >= 15 is 0 Å². The highest BCUT2D eigenvalue weighted by Gasteiger charge is 2.09. The Kier molecular flexibility index (Phi) is 4.89. The van der Waals surface area contributed by atoms with Crippen LogP contribution >= 0.6 is 0 Å². The number of rotatable bonds is 5. The van der Waals surface area contributed by atoms with Crippen molar-refractivity contribution in [1.82, 2.24) is 5.01 Å². The maximum absolute atomic E-state index is 11.3. The molecule has 0 aliphatic rings. The van der Waals surface area contributed by atoms with Gasteiger partial charge in [0, 0.05) is 5.56 Å². The molecule has 0 unspecified atom stereocenters. The van der Waals surface area contributed by atoms with Crippen LogP contribution in [0.4, 0.5) is 4.79 Å². The van der Waals surface area contributed by atoms with Crippen molar-refractivity contribution in [2.45, 2.75) is 6.61 Å². The van der Waals surface area contributed by atoms with Crippen molar-refractivity contribution < 1.29 is 14.3 Å². The van der Waals surface area contributed by atoms with Crippen LogP contribution in [0.1, 0.15) is 15.9 Å². The van der Waals surface area contributed by atoms with E-state index in [0.717, 1.165) is 10.6 Å². The zero-order valence-corrected chi connectivity index (χ0v) is 9.83. The van der Waals surface area contributed by atoms with Gasteiger partial charge in [0.1, 0.15) is 6.61 Å². The second-order valence-corrected chi connectivity index (χ2v) is 3.56. The maximum atomic E-state index is 11.3. The molecule has 1 aromatic carbocycles. The van der Waals surface area contributed by atoms with Gasteiger partial charge in [-0.15, -0.1) is 6.58 Å². The number of carbonyl (C=O) groups is 2. The minimum absolute atomic E-state index is 0.0721. The van der Waals surface area contributed by atoms with Gasteiger partial charge in [-0.3, -0.25) is 4.79 Å². The van der Waals surface area contributed by atoms with Crippen molar-refractivity contribution in [3.8, 4) is 0 Å². The molecular weight excluding hydrogens is 234 g/mol. The van der Waals surface area contributed by atoms with Crippen LogP contribution < -0.4 is 11.6 Å². The fourth-order valence-corrected chi connectivity index (χ4v) is 1.21. The van der Waals surface area contributed by atoms with Gasteiger partial charge >= 0.3 is 6.09 Å². The first-order valence-electron chi connectivity index (χ1n) is 5.23. The van der Waals surface area contributed by atoms with Crippen LogP contribution in [0, 0.1) is 0 Å². The molecule has 0 radical (unpaired) electrons. The van der Waals surface area contributed by atoms with Crippen molar-refractivity contribution >= 4 is 12.0 Å². The first-order valence-corrected chi connectivity index (χ1v) is 5.23. The summed E-state index contributed by atoms with van der Waals surface area (Å²) in [5.74, 6) is 4.88. The molecule has 4 N–H and O–H groups in total. The number of hydrogen-bond acceptors (Lipinski definition) is 4. The first kappa shape index (κ1) is 13.7. The monoisotopic (exact) mass is 249 g/mol. The summed E-state index contributed by atoms with van der Waals surface area (Å²) in [6.07, 6.45) is 0.844. The smallest absolute Gasteiger partial charge is 0.424 e. The molecule has 0 heterocycles. The minimum Gasteiger partial charge on any atom is -0.444 e. The molecule has 0 fully saturated rings. The lowest BCUT2D eigenvalue weighted by molar-refractivity contribution is 0.0989. The molecule has 2 amide bonds. The molecular formula is C12H15N3O3. The van der Waals surface area contributed by atoms with Crippen molar-refractivity contribution in [3.05, 3.63) is 48.0 Å². The Labute approximate surface area is 105 Å². The molecule has 0 saturated carbocycles. The van der Waals surface area contributed by atoms with E-state index in [1.165, 1.54) is 6.08 Å². The van der Waals surface area contributed by atoms with E-state index in [1.54, 1.807) is 24.3 Å². The second-order valence-electron chi connectivity index (χ2n) is 3.56. The topological polar surface area (TPSA) is 98.7 Å². The standard InChI is InChI=1S/C12H15N3O3/c1-2-7-15(14)12(17)18-8-9-3-5-10(6-4-9)11(13)16/h2-6H,1,7-8,14H2,(H2,13,16). The highest BCUT2D eigenvalue weighted by atomic mass is 16.6. The number of carbonyl (C=O) groups excluding carboxylic acids is 2. The van der Waals surface area contributed by atoms with Gasteiger partial charge in [0.05, 0.1) is 6.54 Å². The molecule has 18 heavy (non-hydrogen) atoms. The summed E-state index contributed by atoms with van der Waals surface area (Å²) in [6, 6.07) is 6.44. The van der Waals surface area contributed by atoms with Gasteiger partial charge in [0.25, 0.3) is 0 Å². The van der Waals surface area contributed by atoms with Crippen molar-refractivity contribution in [2.24, 2.45) is 11.6 Å². The lowest BCUT2D eigenvalue weighted by Crippen LogP contribution is -2.37. The Hall–Kier alpha value is -2.34. The SMILES string of the molecule is C=CCN(N)C(=O)OCc1ccc(C(N)=O)cc1. The number of nitrogens with two attached hydrogens (primary N) is 2. The Morgan fingerprint density at radius 2 is 1.94 bits per heavy atom. The summed E-state index contributed by atoms with van der Waals surface area (Å²) in [6.45, 7) is 3.73. The van der Waals surface area contributed by atoms with Gasteiger partial charge in [-0.25, -0.2) is 15.6 Å². The number of ether oxygens (including phenoxy) is 1. The fourth-order valence-electron chi connectivity index (χ4n) is 1.21. The summed E-state index contributed by atoms with van der Waals surface area (Å²) < 4.78 is 4.94. The molecule has 0 bridgehead atoms. The predicted molar refractivity (Wildman–Crippen MR) is 66.2 cm³/mol. The molecule has 0 atom stereocenters. The fraction of sp³-hybridized carbons (Fsp3) is 0.167. The molecule has 0 saturated heterocycles. The molecule has 6 nitrogen and oxygen atoms in total. The predicted octanol–water partition coefficient (Wildman–Crippen LogP) is 0.784. The largest absolute Gasteiger partial charge is 0.444 e. The lowest BCUT2D eigenvalue weighted by Gasteiger charge is -2.14. The van der Waals surface area contributed by atoms with Crippen LogP contribution in [-0.2, 0) is 11.3 Å². The van der Waals surface area contributed by atoms with Crippen LogP contribution in [0.15, 0.2) is 36.9 Å². The molecule has 0 aliphatic carbocycles. The van der Waals surface area contributed by atoms with E-state index in [9.17, 15) is 9.59 Å². The maximum Gasteiger partial charge on any atom is 0.424 e. The normalized spacial score (nSPS) is 9.61. The third kappa shape index (κ3) is 3.91. The minimum atomic E-state index is -0.645. The highest BCUT2D eigenvalue weighted by molar-refractivity contribution is 5.92. The molecule has 6 heteroatoms. The van der Waals surface area contributed by atoms with Crippen molar-refractivity contribution in [2.75, 3.05) is 6.54 Å². The zero-order valence-electron chi connectivity index (χ0n) is 9.83. The third-order valence-electron chi connectivity index (χ3n) is 2.16. The molecule has 96 valence electrons. The number of amides is 2. The van der Waals surface area contributed by atoms with Gasteiger partial charge in [0.15, 0.2) is 0 Å². The summed E-state index contributed by atoms with van der Waals surface area (Å²) >= 11 is 0. The number of hydrazine groups is 1.